The van der Waals surface area contributed by atoms with E-state index < -0.39 is 11.5 Å². The summed E-state index contributed by atoms with van der Waals surface area (Å²) >= 11 is 0. The van der Waals surface area contributed by atoms with Crippen LogP contribution in [0, 0.1) is 11.3 Å². The molecular weight excluding hydrogens is 410 g/mol. The van der Waals surface area contributed by atoms with Gasteiger partial charge in [0.2, 0.25) is 0 Å². The Morgan fingerprint density at radius 3 is 2.24 bits per heavy atom. The molecule has 0 aromatic heterocycles. The number of fused-ring (bicyclic) bond motifs is 5. The maximum absolute atomic E-state index is 14.2. The zero-order chi connectivity index (χ0) is 22.5. The molecule has 0 saturated carbocycles. The first-order valence-corrected chi connectivity index (χ1v) is 12.3. The highest BCUT2D eigenvalue weighted by Crippen LogP contribution is 2.55. The summed E-state index contributed by atoms with van der Waals surface area (Å²) in [5.74, 6) is 1.24. The summed E-state index contributed by atoms with van der Waals surface area (Å²) in [5.41, 5.74) is 1.09. The van der Waals surface area contributed by atoms with Gasteiger partial charge in [0.05, 0.1) is 0 Å². The van der Waals surface area contributed by atoms with Crippen molar-refractivity contribution in [3.05, 3.63) is 84.0 Å². The van der Waals surface area contributed by atoms with Gasteiger partial charge in [-0.2, -0.15) is 0 Å². The smallest absolute Gasteiger partial charge is 0.318 e. The molecule has 1 unspecified atom stereocenters. The third-order valence-electron chi connectivity index (χ3n) is 8.52. The molecule has 2 atom stereocenters. The zero-order valence-electron chi connectivity index (χ0n) is 19.2. The average Bonchev–Trinajstić information content (AvgIpc) is 2.88. The van der Waals surface area contributed by atoms with E-state index in [1.807, 2.05) is 48.5 Å². The van der Waals surface area contributed by atoms with Gasteiger partial charge in [-0.3, -0.25) is 9.69 Å². The summed E-state index contributed by atoms with van der Waals surface area (Å²) in [6.45, 7) is 5.27. The molecule has 170 valence electrons. The van der Waals surface area contributed by atoms with E-state index >= 15 is 0 Å². The number of ether oxygens (including phenoxy) is 2. The van der Waals surface area contributed by atoms with E-state index in [1.54, 1.807) is 0 Å². The highest BCUT2D eigenvalue weighted by molar-refractivity contribution is 5.86. The summed E-state index contributed by atoms with van der Waals surface area (Å²) in [6, 6.07) is 15.7. The number of rotatable bonds is 4. The maximum Gasteiger partial charge on any atom is 0.318 e. The molecule has 2 bridgehead atoms. The number of nitrogens with zero attached hydrogens (tertiary/aromatic N) is 1. The monoisotopic (exact) mass is 441 g/mol. The second kappa shape index (κ2) is 7.88. The highest BCUT2D eigenvalue weighted by atomic mass is 16.6. The van der Waals surface area contributed by atoms with Gasteiger partial charge in [0.25, 0.3) is 0 Å². The summed E-state index contributed by atoms with van der Waals surface area (Å²) in [4.78, 5) is 16.7. The number of para-hydroxylation sites is 2. The quantitative estimate of drug-likeness (QED) is 0.559. The van der Waals surface area contributed by atoms with Gasteiger partial charge >= 0.3 is 5.97 Å². The number of esters is 1. The standard InChI is InChI=1S/C29H31NO3/c1-2-28(16-8-3-9-17-28)29(20-30-18-14-21(29)15-19-30)33-27(31)26-22-10-4-6-12-24(22)32-25-13-7-5-11-23(25)26/h3-13,16,21,26H,2,14-15,17-20H2,1H3/t28?,29-/m1/s1. The molecule has 4 nitrogen and oxygen atoms in total. The van der Waals surface area contributed by atoms with E-state index in [1.165, 1.54) is 0 Å². The minimum absolute atomic E-state index is 0.150. The van der Waals surface area contributed by atoms with Crippen LogP contribution in [0.2, 0.25) is 0 Å². The Labute approximate surface area is 195 Å². The van der Waals surface area contributed by atoms with Gasteiger partial charge in [-0.1, -0.05) is 67.6 Å². The van der Waals surface area contributed by atoms with E-state index in [0.717, 1.165) is 67.9 Å². The Bertz CT molecular complexity index is 1080. The first kappa shape index (κ1) is 20.7. The van der Waals surface area contributed by atoms with Crippen LogP contribution in [0.1, 0.15) is 49.7 Å². The molecule has 0 amide bonds. The van der Waals surface area contributed by atoms with E-state index in [0.29, 0.717) is 5.92 Å². The van der Waals surface area contributed by atoms with Gasteiger partial charge in [0, 0.05) is 29.0 Å². The second-order valence-electron chi connectivity index (χ2n) is 9.97. The molecule has 0 spiro atoms. The fourth-order valence-corrected chi connectivity index (χ4v) is 6.74. The fraction of sp³-hybridized carbons (Fsp3) is 0.414. The maximum atomic E-state index is 14.2. The van der Waals surface area contributed by atoms with Crippen molar-refractivity contribution in [3.8, 4) is 11.5 Å². The number of allylic oxidation sites excluding steroid dienone is 3. The van der Waals surface area contributed by atoms with Gasteiger partial charge in [-0.25, -0.2) is 0 Å². The molecule has 4 heteroatoms. The Balaban J connectivity index is 1.44. The van der Waals surface area contributed by atoms with Crippen molar-refractivity contribution in [1.82, 2.24) is 4.90 Å². The molecule has 2 aromatic rings. The largest absolute Gasteiger partial charge is 0.457 e. The topological polar surface area (TPSA) is 38.8 Å². The van der Waals surface area contributed by atoms with Crippen molar-refractivity contribution >= 4 is 5.97 Å². The average molecular weight is 442 g/mol. The summed E-state index contributed by atoms with van der Waals surface area (Å²) in [7, 11) is 0. The first-order chi connectivity index (χ1) is 16.2. The van der Waals surface area contributed by atoms with Crippen molar-refractivity contribution in [2.45, 2.75) is 44.1 Å². The Hall–Kier alpha value is -2.85. The van der Waals surface area contributed by atoms with Crippen LogP contribution >= 0.6 is 0 Å². The SMILES string of the molecule is CCC1([C@@]2(OC(=O)C3c4ccccc4Oc4ccccc43)CN3CCC2CC3)C=CC=CC1. The van der Waals surface area contributed by atoms with Crippen LogP contribution in [-0.2, 0) is 9.53 Å². The lowest BCUT2D eigenvalue weighted by atomic mass is 9.57. The number of carbonyl (C=O) groups is 1. The molecule has 2 aromatic carbocycles. The molecule has 0 N–H and O–H groups in total. The van der Waals surface area contributed by atoms with Crippen LogP contribution in [0.3, 0.4) is 0 Å². The van der Waals surface area contributed by atoms with Crippen molar-refractivity contribution in [3.63, 3.8) is 0 Å². The van der Waals surface area contributed by atoms with E-state index in [9.17, 15) is 4.79 Å². The fourth-order valence-electron chi connectivity index (χ4n) is 6.74. The number of hydrogen-bond donors (Lipinski definition) is 0. The second-order valence-corrected chi connectivity index (χ2v) is 9.97. The minimum atomic E-state index is -0.515. The Kier molecular flexibility index (Phi) is 4.95. The molecular formula is C29H31NO3. The van der Waals surface area contributed by atoms with E-state index in [4.69, 9.17) is 9.47 Å². The highest BCUT2D eigenvalue weighted by Gasteiger charge is 2.60. The van der Waals surface area contributed by atoms with Crippen molar-refractivity contribution < 1.29 is 14.3 Å². The van der Waals surface area contributed by atoms with Crippen LogP contribution in [-0.4, -0.2) is 36.1 Å². The summed E-state index contributed by atoms with van der Waals surface area (Å²) in [6.07, 6.45) is 12.9. The Morgan fingerprint density at radius 1 is 1.03 bits per heavy atom. The first-order valence-electron chi connectivity index (χ1n) is 12.3. The molecule has 4 aliphatic heterocycles. The van der Waals surface area contributed by atoms with Gasteiger partial charge in [-0.15, -0.1) is 0 Å². The zero-order valence-corrected chi connectivity index (χ0v) is 19.2. The number of carbonyl (C=O) groups excluding carboxylic acids is 1. The minimum Gasteiger partial charge on any atom is -0.457 e. The van der Waals surface area contributed by atoms with Crippen LogP contribution in [0.4, 0.5) is 0 Å². The van der Waals surface area contributed by atoms with Crippen molar-refractivity contribution in [2.75, 3.05) is 19.6 Å². The molecule has 33 heavy (non-hydrogen) atoms. The Morgan fingerprint density at radius 2 is 1.70 bits per heavy atom. The lowest BCUT2D eigenvalue weighted by Gasteiger charge is -2.60. The molecule has 5 aliphatic rings. The summed E-state index contributed by atoms with van der Waals surface area (Å²) in [5, 5.41) is 0. The molecule has 3 fully saturated rings. The third-order valence-corrected chi connectivity index (χ3v) is 8.52. The van der Waals surface area contributed by atoms with Gasteiger partial charge in [0.1, 0.15) is 23.0 Å². The van der Waals surface area contributed by atoms with Crippen molar-refractivity contribution in [1.29, 1.82) is 0 Å². The number of hydrogen-bond acceptors (Lipinski definition) is 4. The molecule has 7 rings (SSSR count). The van der Waals surface area contributed by atoms with Gasteiger partial charge in [0.15, 0.2) is 0 Å². The number of benzene rings is 2. The van der Waals surface area contributed by atoms with Gasteiger partial charge in [-0.05, 0) is 50.9 Å². The van der Waals surface area contributed by atoms with Crippen LogP contribution in [0.15, 0.2) is 72.8 Å². The lowest BCUT2D eigenvalue weighted by Crippen LogP contribution is -2.68. The van der Waals surface area contributed by atoms with Crippen molar-refractivity contribution in [2.24, 2.45) is 11.3 Å². The molecule has 1 aliphatic carbocycles. The van der Waals surface area contributed by atoms with E-state index in [-0.39, 0.29) is 11.4 Å². The predicted octanol–water partition coefficient (Wildman–Crippen LogP) is 5.84. The summed E-state index contributed by atoms with van der Waals surface area (Å²) < 4.78 is 13.0. The molecule has 3 saturated heterocycles. The molecule has 4 heterocycles. The lowest BCUT2D eigenvalue weighted by molar-refractivity contribution is -0.212. The van der Waals surface area contributed by atoms with E-state index in [2.05, 4.69) is 36.1 Å². The predicted molar refractivity (Wildman–Crippen MR) is 128 cm³/mol. The van der Waals surface area contributed by atoms with Crippen LogP contribution in [0.25, 0.3) is 0 Å². The van der Waals surface area contributed by atoms with Crippen LogP contribution < -0.4 is 4.74 Å². The van der Waals surface area contributed by atoms with Crippen LogP contribution in [0.5, 0.6) is 11.5 Å². The normalized spacial score (nSPS) is 32.0. The van der Waals surface area contributed by atoms with Gasteiger partial charge < -0.3 is 9.47 Å². The third kappa shape index (κ3) is 3.11. The number of piperidine rings is 3. The molecule has 0 radical (unpaired) electrons.